The minimum Gasteiger partial charge on any atom is -0.390 e. The summed E-state index contributed by atoms with van der Waals surface area (Å²) in [4.78, 5) is 0. The summed E-state index contributed by atoms with van der Waals surface area (Å²) in [7, 11) is 7.51. The first kappa shape index (κ1) is 8.47. The Bertz CT molecular complexity index is 113. The van der Waals surface area contributed by atoms with E-state index < -0.39 is 6.10 Å². The van der Waals surface area contributed by atoms with Crippen LogP contribution < -0.4 is 0 Å². The van der Waals surface area contributed by atoms with E-state index in [1.807, 2.05) is 0 Å². The van der Waals surface area contributed by atoms with Crippen LogP contribution in [0.25, 0.3) is 0 Å². The second kappa shape index (κ2) is 3.68. The Kier molecular flexibility index (Phi) is 3.11. The summed E-state index contributed by atoms with van der Waals surface area (Å²) in [5.74, 6) is 0. The van der Waals surface area contributed by atoms with Gasteiger partial charge in [-0.05, 0) is 6.42 Å². The molecule has 1 N–H and O–H groups in total. The number of ether oxygens (including phenoxy) is 1. The fraction of sp³-hybridized carbons (Fsp3) is 1.00. The molecule has 1 fully saturated rings. The van der Waals surface area contributed by atoms with Crippen LogP contribution in [-0.4, -0.2) is 37.8 Å². The van der Waals surface area contributed by atoms with E-state index in [0.29, 0.717) is 13.0 Å². The van der Waals surface area contributed by atoms with Crippen molar-refractivity contribution < 1.29 is 14.4 Å². The number of rotatable bonds is 2. The first-order valence-corrected chi connectivity index (χ1v) is 3.62. The van der Waals surface area contributed by atoms with Crippen LogP contribution in [0.3, 0.4) is 0 Å². The SMILES string of the molecule is [B][C@@H]1CC(O)[C@H](COP)O1. The summed E-state index contributed by atoms with van der Waals surface area (Å²) in [6, 6.07) is -0.333. The highest BCUT2D eigenvalue weighted by Crippen LogP contribution is 2.18. The van der Waals surface area contributed by atoms with Crippen LogP contribution in [0, 0.1) is 0 Å². The predicted octanol–water partition coefficient (Wildman–Crippen LogP) is -0.562. The lowest BCUT2D eigenvalue weighted by Gasteiger charge is -2.11. The Hall–Kier alpha value is 0.375. The van der Waals surface area contributed by atoms with E-state index in [1.54, 1.807) is 0 Å². The topological polar surface area (TPSA) is 38.7 Å². The van der Waals surface area contributed by atoms with E-state index in [-0.39, 0.29) is 12.1 Å². The third-order valence-electron chi connectivity index (χ3n) is 1.51. The molecule has 2 radical (unpaired) electrons. The van der Waals surface area contributed by atoms with E-state index in [1.165, 1.54) is 0 Å². The standard InChI is InChI=1S/C5H10BO3P/c6-5-1-3(7)4(9-5)2-8-10/h3-5,7H,1-2,10H2/t3?,4-,5-/m0/s1. The van der Waals surface area contributed by atoms with Gasteiger partial charge in [-0.3, -0.25) is 0 Å². The van der Waals surface area contributed by atoms with Gasteiger partial charge in [0.1, 0.15) is 14.0 Å². The lowest BCUT2D eigenvalue weighted by molar-refractivity contribution is 0.00671. The van der Waals surface area contributed by atoms with Crippen LogP contribution >= 0.6 is 9.47 Å². The number of hydrogen-bond acceptors (Lipinski definition) is 3. The molecule has 0 aromatic rings. The summed E-state index contributed by atoms with van der Waals surface area (Å²) in [5.41, 5.74) is 0. The maximum absolute atomic E-state index is 9.20. The van der Waals surface area contributed by atoms with Crippen LogP contribution in [-0.2, 0) is 9.26 Å². The first-order valence-electron chi connectivity index (χ1n) is 3.15. The second-order valence-corrected chi connectivity index (χ2v) is 2.68. The molecule has 1 aliphatic heterocycles. The molecule has 0 saturated carbocycles. The number of hydrogen-bond donors (Lipinski definition) is 1. The molecular weight excluding hydrogens is 150 g/mol. The molecule has 0 aromatic heterocycles. The van der Waals surface area contributed by atoms with Crippen molar-refractivity contribution in [2.75, 3.05) is 6.61 Å². The van der Waals surface area contributed by atoms with Gasteiger partial charge in [0.15, 0.2) is 0 Å². The quantitative estimate of drug-likeness (QED) is 0.434. The molecular formula is C5H10BO3P. The van der Waals surface area contributed by atoms with Crippen molar-refractivity contribution in [2.45, 2.75) is 24.6 Å². The van der Waals surface area contributed by atoms with E-state index in [0.717, 1.165) is 0 Å². The van der Waals surface area contributed by atoms with Gasteiger partial charge in [0.2, 0.25) is 0 Å². The third-order valence-corrected chi connectivity index (χ3v) is 1.71. The Balaban J connectivity index is 2.31. The molecule has 10 heavy (non-hydrogen) atoms. The normalized spacial score (nSPS) is 40.4. The van der Waals surface area contributed by atoms with Crippen LogP contribution in [0.5, 0.6) is 0 Å². The molecule has 0 aliphatic carbocycles. The fourth-order valence-corrected chi connectivity index (χ4v) is 1.20. The summed E-state index contributed by atoms with van der Waals surface area (Å²) >= 11 is 0. The molecule has 5 heteroatoms. The highest BCUT2D eigenvalue weighted by atomic mass is 31.0. The zero-order chi connectivity index (χ0) is 7.56. The summed E-state index contributed by atoms with van der Waals surface area (Å²) < 4.78 is 9.82. The lowest BCUT2D eigenvalue weighted by Crippen LogP contribution is -2.24. The minimum absolute atomic E-state index is 0.257. The number of aliphatic hydroxyl groups excluding tert-OH is 1. The zero-order valence-corrected chi connectivity index (χ0v) is 6.72. The van der Waals surface area contributed by atoms with Crippen molar-refractivity contribution in [3.8, 4) is 0 Å². The van der Waals surface area contributed by atoms with Crippen LogP contribution in [0.15, 0.2) is 0 Å². The van der Waals surface area contributed by atoms with Crippen LogP contribution in [0.4, 0.5) is 0 Å². The Labute approximate surface area is 63.8 Å². The van der Waals surface area contributed by atoms with Gasteiger partial charge >= 0.3 is 0 Å². The maximum atomic E-state index is 9.20. The third kappa shape index (κ3) is 1.93. The summed E-state index contributed by atoms with van der Waals surface area (Å²) in [6.07, 6.45) is -0.235. The van der Waals surface area contributed by atoms with Crippen molar-refractivity contribution in [3.05, 3.63) is 0 Å². The molecule has 1 saturated heterocycles. The predicted molar refractivity (Wildman–Crippen MR) is 40.7 cm³/mol. The molecule has 0 aromatic carbocycles. The average molecular weight is 160 g/mol. The van der Waals surface area contributed by atoms with E-state index >= 15 is 0 Å². The average Bonchev–Trinajstić information content (AvgIpc) is 2.13. The summed E-state index contributed by atoms with van der Waals surface area (Å²) in [5, 5.41) is 9.20. The maximum Gasteiger partial charge on any atom is 0.109 e. The van der Waals surface area contributed by atoms with Crippen molar-refractivity contribution in [3.63, 3.8) is 0 Å². The molecule has 0 spiro atoms. The minimum atomic E-state index is -0.476. The second-order valence-electron chi connectivity index (χ2n) is 2.35. The van der Waals surface area contributed by atoms with Gasteiger partial charge in [0.05, 0.1) is 12.7 Å². The Morgan fingerprint density at radius 1 is 1.80 bits per heavy atom. The smallest absolute Gasteiger partial charge is 0.109 e. The molecule has 4 atom stereocenters. The molecule has 56 valence electrons. The van der Waals surface area contributed by atoms with Crippen molar-refractivity contribution in [2.24, 2.45) is 0 Å². The molecule has 1 aliphatic rings. The Morgan fingerprint density at radius 3 is 2.90 bits per heavy atom. The van der Waals surface area contributed by atoms with Crippen LogP contribution in [0.2, 0.25) is 0 Å². The fourth-order valence-electron chi connectivity index (χ4n) is 1.01. The van der Waals surface area contributed by atoms with Crippen molar-refractivity contribution >= 4 is 17.3 Å². The van der Waals surface area contributed by atoms with E-state index in [9.17, 15) is 5.11 Å². The van der Waals surface area contributed by atoms with Crippen LogP contribution in [0.1, 0.15) is 6.42 Å². The van der Waals surface area contributed by atoms with Gasteiger partial charge in [0, 0.05) is 15.5 Å². The van der Waals surface area contributed by atoms with E-state index in [2.05, 4.69) is 9.47 Å². The van der Waals surface area contributed by atoms with Gasteiger partial charge in [-0.2, -0.15) is 0 Å². The monoisotopic (exact) mass is 160 g/mol. The highest BCUT2D eigenvalue weighted by Gasteiger charge is 2.30. The van der Waals surface area contributed by atoms with Gasteiger partial charge < -0.3 is 14.4 Å². The molecule has 1 rings (SSSR count). The van der Waals surface area contributed by atoms with Gasteiger partial charge in [0.25, 0.3) is 0 Å². The lowest BCUT2D eigenvalue weighted by atomic mass is 9.96. The van der Waals surface area contributed by atoms with Crippen molar-refractivity contribution in [1.29, 1.82) is 0 Å². The molecule has 3 nitrogen and oxygen atoms in total. The zero-order valence-electron chi connectivity index (χ0n) is 5.56. The highest BCUT2D eigenvalue weighted by molar-refractivity contribution is 7.09. The molecule has 0 bridgehead atoms. The molecule has 1 heterocycles. The molecule has 2 unspecified atom stereocenters. The number of aliphatic hydroxyl groups is 1. The molecule has 0 amide bonds. The Morgan fingerprint density at radius 2 is 2.50 bits per heavy atom. The van der Waals surface area contributed by atoms with Gasteiger partial charge in [-0.25, -0.2) is 0 Å². The largest absolute Gasteiger partial charge is 0.390 e. The van der Waals surface area contributed by atoms with Gasteiger partial charge in [-0.15, -0.1) is 0 Å². The first-order chi connectivity index (χ1) is 4.74. The van der Waals surface area contributed by atoms with E-state index in [4.69, 9.17) is 17.1 Å². The van der Waals surface area contributed by atoms with Crippen molar-refractivity contribution in [1.82, 2.24) is 0 Å². The summed E-state index contributed by atoms with van der Waals surface area (Å²) in [6.45, 7) is 0.375. The van der Waals surface area contributed by atoms with Gasteiger partial charge in [-0.1, -0.05) is 0 Å².